The summed E-state index contributed by atoms with van der Waals surface area (Å²) in [6.45, 7) is 4.60. The molecule has 1 aromatic carbocycles. The Labute approximate surface area is 127 Å². The molecule has 0 aliphatic carbocycles. The molecule has 0 atom stereocenters. The lowest BCUT2D eigenvalue weighted by Crippen LogP contribution is -2.30. The molecule has 0 radical (unpaired) electrons. The largest absolute Gasteiger partial charge is 0.384 e. The normalized spacial score (nSPS) is 10.1. The Morgan fingerprint density at radius 2 is 2.00 bits per heavy atom. The second-order valence-electron chi connectivity index (χ2n) is 5.15. The van der Waals surface area contributed by atoms with E-state index >= 15 is 0 Å². The van der Waals surface area contributed by atoms with Crippen LogP contribution in [0.3, 0.4) is 0 Å². The molecule has 1 amide bonds. The number of hydrogen-bond donors (Lipinski definition) is 2. The lowest BCUT2D eigenvalue weighted by atomic mass is 9.97. The molecule has 3 heteroatoms. The van der Waals surface area contributed by atoms with Crippen LogP contribution in [0.1, 0.15) is 50.7 Å². The van der Waals surface area contributed by atoms with Crippen molar-refractivity contribution in [3.63, 3.8) is 0 Å². The van der Waals surface area contributed by atoms with Gasteiger partial charge in [-0.2, -0.15) is 0 Å². The average Bonchev–Trinajstić information content (AvgIpc) is 2.51. The van der Waals surface area contributed by atoms with Crippen molar-refractivity contribution in [2.75, 3.05) is 6.61 Å². The number of amides is 1. The van der Waals surface area contributed by atoms with Crippen LogP contribution in [0.5, 0.6) is 0 Å². The molecule has 0 saturated heterocycles. The molecule has 3 nitrogen and oxygen atoms in total. The molecule has 21 heavy (non-hydrogen) atoms. The summed E-state index contributed by atoms with van der Waals surface area (Å²) in [6, 6.07) is 7.72. The highest BCUT2D eigenvalue weighted by atomic mass is 16.2. The summed E-state index contributed by atoms with van der Waals surface area (Å²) in [5.74, 6) is 5.77. The van der Waals surface area contributed by atoms with Crippen molar-refractivity contribution in [2.45, 2.75) is 46.1 Å². The smallest absolute Gasteiger partial charge is 0.223 e. The SMILES string of the molecule is CCCC(CCC)C(=O)NCc1cccc(C#CCO)c1. The third-order valence-corrected chi connectivity index (χ3v) is 3.35. The van der Waals surface area contributed by atoms with Crippen LogP contribution in [0.4, 0.5) is 0 Å². The molecule has 0 bridgehead atoms. The van der Waals surface area contributed by atoms with Gasteiger partial charge >= 0.3 is 0 Å². The highest BCUT2D eigenvalue weighted by molar-refractivity contribution is 5.78. The molecule has 0 spiro atoms. The first-order valence-corrected chi connectivity index (χ1v) is 7.67. The second kappa shape index (κ2) is 10.0. The quantitative estimate of drug-likeness (QED) is 0.758. The van der Waals surface area contributed by atoms with E-state index in [-0.39, 0.29) is 18.4 Å². The zero-order valence-corrected chi connectivity index (χ0v) is 13.0. The number of benzene rings is 1. The first kappa shape index (κ1) is 17.3. The van der Waals surface area contributed by atoms with Crippen molar-refractivity contribution in [1.82, 2.24) is 5.32 Å². The minimum absolute atomic E-state index is 0.123. The third-order valence-electron chi connectivity index (χ3n) is 3.35. The highest BCUT2D eigenvalue weighted by Gasteiger charge is 2.15. The zero-order chi connectivity index (χ0) is 15.5. The molecule has 0 aromatic heterocycles. The van der Waals surface area contributed by atoms with E-state index in [1.54, 1.807) is 0 Å². The van der Waals surface area contributed by atoms with Crippen LogP contribution in [-0.4, -0.2) is 17.6 Å². The Morgan fingerprint density at radius 1 is 1.29 bits per heavy atom. The second-order valence-corrected chi connectivity index (χ2v) is 5.15. The molecule has 0 aliphatic heterocycles. The van der Waals surface area contributed by atoms with Gasteiger partial charge in [-0.05, 0) is 30.5 Å². The monoisotopic (exact) mass is 287 g/mol. The Hall–Kier alpha value is -1.79. The lowest BCUT2D eigenvalue weighted by Gasteiger charge is -2.15. The molecule has 0 heterocycles. The third kappa shape index (κ3) is 6.46. The Morgan fingerprint density at radius 3 is 2.62 bits per heavy atom. The standard InChI is InChI=1S/C18H25NO2/c1-3-7-17(8-4-2)18(21)19-14-16-10-5-9-15(13-16)11-6-12-20/h5,9-10,13,17,20H,3-4,7-8,12,14H2,1-2H3,(H,19,21). The highest BCUT2D eigenvalue weighted by Crippen LogP contribution is 2.14. The van der Waals surface area contributed by atoms with Gasteiger partial charge in [0.2, 0.25) is 5.91 Å². The van der Waals surface area contributed by atoms with Gasteiger partial charge in [-0.25, -0.2) is 0 Å². The fourth-order valence-electron chi connectivity index (χ4n) is 2.34. The number of aliphatic hydroxyl groups excluding tert-OH is 1. The van der Waals surface area contributed by atoms with E-state index in [2.05, 4.69) is 31.0 Å². The summed E-state index contributed by atoms with van der Waals surface area (Å²) >= 11 is 0. The zero-order valence-electron chi connectivity index (χ0n) is 13.0. The molecule has 114 valence electrons. The van der Waals surface area contributed by atoms with E-state index in [9.17, 15) is 4.79 Å². The predicted molar refractivity (Wildman–Crippen MR) is 85.6 cm³/mol. The molecule has 0 saturated carbocycles. The van der Waals surface area contributed by atoms with Gasteiger partial charge in [0, 0.05) is 18.0 Å². The van der Waals surface area contributed by atoms with Crippen molar-refractivity contribution in [3.05, 3.63) is 35.4 Å². The molecule has 0 aliphatic rings. The van der Waals surface area contributed by atoms with Crippen LogP contribution in [0.2, 0.25) is 0 Å². The van der Waals surface area contributed by atoms with Crippen LogP contribution in [0.25, 0.3) is 0 Å². The summed E-state index contributed by atoms with van der Waals surface area (Å²) in [5.41, 5.74) is 1.88. The molecule has 0 unspecified atom stereocenters. The molecule has 0 fully saturated rings. The van der Waals surface area contributed by atoms with E-state index in [0.29, 0.717) is 6.54 Å². The molecule has 1 aromatic rings. The van der Waals surface area contributed by atoms with E-state index in [1.165, 1.54) is 0 Å². The van der Waals surface area contributed by atoms with Crippen molar-refractivity contribution < 1.29 is 9.90 Å². The minimum atomic E-state index is -0.142. The lowest BCUT2D eigenvalue weighted by molar-refractivity contribution is -0.125. The van der Waals surface area contributed by atoms with E-state index < -0.39 is 0 Å². The van der Waals surface area contributed by atoms with E-state index in [1.807, 2.05) is 24.3 Å². The molecule has 1 rings (SSSR count). The Balaban J connectivity index is 2.59. The minimum Gasteiger partial charge on any atom is -0.384 e. The van der Waals surface area contributed by atoms with Crippen molar-refractivity contribution in [1.29, 1.82) is 0 Å². The number of carbonyl (C=O) groups is 1. The Bertz CT molecular complexity index is 493. The fraction of sp³-hybridized carbons (Fsp3) is 0.500. The number of carbonyl (C=O) groups excluding carboxylic acids is 1. The van der Waals surface area contributed by atoms with Gasteiger partial charge in [0.15, 0.2) is 0 Å². The van der Waals surface area contributed by atoms with Crippen LogP contribution < -0.4 is 5.32 Å². The number of hydrogen-bond acceptors (Lipinski definition) is 2. The van der Waals surface area contributed by atoms with Crippen molar-refractivity contribution in [3.8, 4) is 11.8 Å². The summed E-state index contributed by atoms with van der Waals surface area (Å²) < 4.78 is 0. The number of aliphatic hydroxyl groups is 1. The van der Waals surface area contributed by atoms with Gasteiger partial charge < -0.3 is 10.4 Å². The fourth-order valence-corrected chi connectivity index (χ4v) is 2.34. The van der Waals surface area contributed by atoms with Crippen molar-refractivity contribution in [2.24, 2.45) is 5.92 Å². The van der Waals surface area contributed by atoms with Gasteiger partial charge in [0.25, 0.3) is 0 Å². The molecular weight excluding hydrogens is 262 g/mol. The van der Waals surface area contributed by atoms with Crippen LogP contribution in [-0.2, 0) is 11.3 Å². The summed E-state index contributed by atoms with van der Waals surface area (Å²) in [6.07, 6.45) is 3.96. The van der Waals surface area contributed by atoms with Crippen molar-refractivity contribution >= 4 is 5.91 Å². The Kier molecular flexibility index (Phi) is 8.23. The number of rotatable bonds is 7. The van der Waals surface area contributed by atoms with E-state index in [0.717, 1.165) is 36.8 Å². The van der Waals surface area contributed by atoms with Gasteiger partial charge in [-0.3, -0.25) is 4.79 Å². The summed E-state index contributed by atoms with van der Waals surface area (Å²) in [7, 11) is 0. The average molecular weight is 287 g/mol. The van der Waals surface area contributed by atoms with Crippen LogP contribution >= 0.6 is 0 Å². The number of nitrogens with one attached hydrogen (secondary N) is 1. The predicted octanol–water partition coefficient (Wildman–Crippen LogP) is 2.86. The first-order valence-electron chi connectivity index (χ1n) is 7.67. The molecule has 2 N–H and O–H groups in total. The van der Waals surface area contributed by atoms with Gasteiger partial charge in [-0.1, -0.05) is 50.7 Å². The first-order chi connectivity index (χ1) is 10.2. The topological polar surface area (TPSA) is 49.3 Å². The van der Waals surface area contributed by atoms with Gasteiger partial charge in [0.1, 0.15) is 6.61 Å². The van der Waals surface area contributed by atoms with Gasteiger partial charge in [0.05, 0.1) is 0 Å². The maximum Gasteiger partial charge on any atom is 0.223 e. The maximum atomic E-state index is 12.2. The van der Waals surface area contributed by atoms with Crippen LogP contribution in [0.15, 0.2) is 24.3 Å². The maximum absolute atomic E-state index is 12.2. The summed E-state index contributed by atoms with van der Waals surface area (Å²) in [4.78, 5) is 12.2. The van der Waals surface area contributed by atoms with Gasteiger partial charge in [-0.15, -0.1) is 0 Å². The van der Waals surface area contributed by atoms with Crippen LogP contribution in [0, 0.1) is 17.8 Å². The summed E-state index contributed by atoms with van der Waals surface area (Å²) in [5, 5.41) is 11.7. The van der Waals surface area contributed by atoms with E-state index in [4.69, 9.17) is 5.11 Å². The molecular formula is C18H25NO2.